The van der Waals surface area contributed by atoms with Crippen LogP contribution in [0.3, 0.4) is 0 Å². The maximum absolute atomic E-state index is 14.6. The van der Waals surface area contributed by atoms with Crippen LogP contribution in [0.15, 0.2) is 119 Å². The van der Waals surface area contributed by atoms with Crippen LogP contribution in [-0.2, 0) is 16.3 Å². The van der Waals surface area contributed by atoms with Gasteiger partial charge in [0.05, 0.1) is 9.79 Å². The zero-order chi connectivity index (χ0) is 25.1. The number of aryl methyl sites for hydroxylation is 1. The van der Waals surface area contributed by atoms with E-state index in [1.54, 1.807) is 12.1 Å². The minimum absolute atomic E-state index is 0.331. The highest BCUT2D eigenvalue weighted by Crippen LogP contribution is 2.46. The van der Waals surface area contributed by atoms with Gasteiger partial charge in [-0.15, -0.1) is 0 Å². The maximum atomic E-state index is 14.6. The van der Waals surface area contributed by atoms with E-state index in [1.807, 2.05) is 79.7 Å². The van der Waals surface area contributed by atoms with Crippen molar-refractivity contribution in [2.24, 2.45) is 0 Å². The van der Waals surface area contributed by atoms with Crippen LogP contribution < -0.4 is 0 Å². The number of fused-ring (bicyclic) bond motifs is 1. The third-order valence-corrected chi connectivity index (χ3v) is 8.65. The third-order valence-electron chi connectivity index (χ3n) is 6.77. The molecule has 0 heterocycles. The lowest BCUT2D eigenvalue weighted by Gasteiger charge is -2.23. The van der Waals surface area contributed by atoms with Crippen molar-refractivity contribution in [3.63, 3.8) is 0 Å². The number of hydrogen-bond donors (Lipinski definition) is 0. The van der Waals surface area contributed by atoms with Crippen LogP contribution in [0.5, 0.6) is 0 Å². The van der Waals surface area contributed by atoms with Gasteiger partial charge in [-0.1, -0.05) is 116 Å². The third kappa shape index (κ3) is 4.36. The van der Waals surface area contributed by atoms with E-state index in [-0.39, 0.29) is 0 Å². The number of rotatable bonds is 7. The molecule has 5 aromatic rings. The molecule has 0 N–H and O–H groups in total. The van der Waals surface area contributed by atoms with Gasteiger partial charge >= 0.3 is 0 Å². The molecule has 0 amide bonds. The Hall–Kier alpha value is -3.69. The molecule has 0 aliphatic carbocycles. The van der Waals surface area contributed by atoms with Crippen molar-refractivity contribution < 1.29 is 8.42 Å². The maximum Gasteiger partial charge on any atom is 0.207 e. The van der Waals surface area contributed by atoms with Crippen LogP contribution >= 0.6 is 0 Å². The summed E-state index contributed by atoms with van der Waals surface area (Å²) in [7, 11) is -3.82. The predicted octanol–water partition coefficient (Wildman–Crippen LogP) is 8.66. The highest BCUT2D eigenvalue weighted by Gasteiger charge is 2.30. The molecule has 0 bridgehead atoms. The standard InChI is InChI=1S/C33H30O2S/c1-3-4-17-30-31(25-13-7-5-8-14-25)28-18-11-12-19-29(28)32(26-15-9-6-10-16-26)33(30)36(34,35)27-22-20-24(2)21-23-27/h5-16,18-23H,3-4,17H2,1-2H3. The van der Waals surface area contributed by atoms with E-state index in [0.717, 1.165) is 57.0 Å². The smallest absolute Gasteiger partial charge is 0.207 e. The van der Waals surface area contributed by atoms with Crippen molar-refractivity contribution in [3.05, 3.63) is 120 Å². The van der Waals surface area contributed by atoms with Crippen molar-refractivity contribution in [1.82, 2.24) is 0 Å². The number of hydrogen-bond acceptors (Lipinski definition) is 2. The summed E-state index contributed by atoms with van der Waals surface area (Å²) in [4.78, 5) is 0.765. The average Bonchev–Trinajstić information content (AvgIpc) is 2.92. The summed E-state index contributed by atoms with van der Waals surface area (Å²) >= 11 is 0. The van der Waals surface area contributed by atoms with Crippen LogP contribution in [0, 0.1) is 6.92 Å². The Morgan fingerprint density at radius 3 is 1.67 bits per heavy atom. The second-order valence-electron chi connectivity index (χ2n) is 9.26. The molecule has 5 aromatic carbocycles. The molecule has 0 unspecified atom stereocenters. The lowest BCUT2D eigenvalue weighted by molar-refractivity contribution is 0.595. The second-order valence-corrected chi connectivity index (χ2v) is 11.1. The normalized spacial score (nSPS) is 11.6. The topological polar surface area (TPSA) is 34.1 Å². The van der Waals surface area contributed by atoms with E-state index >= 15 is 0 Å². The van der Waals surface area contributed by atoms with E-state index in [2.05, 4.69) is 31.2 Å². The van der Waals surface area contributed by atoms with Gasteiger partial charge in [0, 0.05) is 5.56 Å². The van der Waals surface area contributed by atoms with E-state index in [4.69, 9.17) is 0 Å². The van der Waals surface area contributed by atoms with Crippen LogP contribution in [0.1, 0.15) is 30.9 Å². The van der Waals surface area contributed by atoms with Gasteiger partial charge in [-0.3, -0.25) is 0 Å². The van der Waals surface area contributed by atoms with E-state index in [0.29, 0.717) is 16.2 Å². The van der Waals surface area contributed by atoms with Crippen LogP contribution in [0.4, 0.5) is 0 Å². The fourth-order valence-electron chi connectivity index (χ4n) is 5.02. The Balaban J connectivity index is 2.00. The minimum Gasteiger partial charge on any atom is -0.218 e. The Kier molecular flexibility index (Phi) is 6.75. The Bertz CT molecular complexity index is 1600. The van der Waals surface area contributed by atoms with Gasteiger partial charge in [-0.05, 0) is 64.9 Å². The lowest BCUT2D eigenvalue weighted by atomic mass is 9.86. The first-order valence-corrected chi connectivity index (χ1v) is 14.0. The highest BCUT2D eigenvalue weighted by molar-refractivity contribution is 7.91. The molecule has 0 atom stereocenters. The van der Waals surface area contributed by atoms with Gasteiger partial charge in [0.15, 0.2) is 0 Å². The number of unbranched alkanes of at least 4 members (excludes halogenated alkanes) is 1. The van der Waals surface area contributed by atoms with E-state index < -0.39 is 9.84 Å². The summed E-state index contributed by atoms with van der Waals surface area (Å²) < 4.78 is 29.1. The molecule has 36 heavy (non-hydrogen) atoms. The quantitative estimate of drug-likeness (QED) is 0.229. The summed E-state index contributed by atoms with van der Waals surface area (Å²) in [5.41, 5.74) is 5.70. The second kappa shape index (κ2) is 10.1. The van der Waals surface area contributed by atoms with Crippen molar-refractivity contribution in [2.75, 3.05) is 0 Å². The van der Waals surface area contributed by atoms with Crippen LogP contribution in [0.2, 0.25) is 0 Å². The van der Waals surface area contributed by atoms with Gasteiger partial charge in [0.2, 0.25) is 9.84 Å². The Morgan fingerprint density at radius 1 is 0.611 bits per heavy atom. The van der Waals surface area contributed by atoms with Gasteiger partial charge in [-0.25, -0.2) is 8.42 Å². The summed E-state index contributed by atoms with van der Waals surface area (Å²) in [5.74, 6) is 0. The molecule has 0 spiro atoms. The molecule has 3 heteroatoms. The molecule has 0 aromatic heterocycles. The Labute approximate surface area is 214 Å². The first kappa shape index (κ1) is 24.0. The van der Waals surface area contributed by atoms with Crippen molar-refractivity contribution in [3.8, 4) is 22.3 Å². The first-order chi connectivity index (χ1) is 17.5. The fraction of sp³-hybridized carbons (Fsp3) is 0.152. The summed E-state index contributed by atoms with van der Waals surface area (Å²) in [6.45, 7) is 4.12. The minimum atomic E-state index is -3.82. The van der Waals surface area contributed by atoms with Crippen molar-refractivity contribution >= 4 is 20.6 Å². The molecule has 0 fully saturated rings. The molecule has 0 saturated heterocycles. The molecule has 0 radical (unpaired) electrons. The highest BCUT2D eigenvalue weighted by atomic mass is 32.2. The van der Waals surface area contributed by atoms with Crippen molar-refractivity contribution in [2.45, 2.75) is 42.9 Å². The largest absolute Gasteiger partial charge is 0.218 e. The molecule has 0 aliphatic heterocycles. The molecular formula is C33H30O2S. The molecule has 5 rings (SSSR count). The first-order valence-electron chi connectivity index (χ1n) is 12.5. The zero-order valence-corrected chi connectivity index (χ0v) is 21.6. The SMILES string of the molecule is CCCCc1c(S(=O)(=O)c2ccc(C)cc2)c(-c2ccccc2)c2ccccc2c1-c1ccccc1. The molecule has 2 nitrogen and oxygen atoms in total. The molecule has 0 saturated carbocycles. The summed E-state index contributed by atoms with van der Waals surface area (Å²) in [5, 5.41) is 2.03. The average molecular weight is 491 g/mol. The fourth-order valence-corrected chi connectivity index (χ4v) is 6.77. The molecular weight excluding hydrogens is 460 g/mol. The van der Waals surface area contributed by atoms with Gasteiger partial charge in [0.1, 0.15) is 0 Å². The monoisotopic (exact) mass is 490 g/mol. The van der Waals surface area contributed by atoms with E-state index in [9.17, 15) is 8.42 Å². The molecule has 0 aliphatic rings. The number of sulfone groups is 1. The summed E-state index contributed by atoms with van der Waals surface area (Å²) in [6.07, 6.45) is 2.57. The Morgan fingerprint density at radius 2 is 1.11 bits per heavy atom. The number of benzene rings is 5. The van der Waals surface area contributed by atoms with Crippen LogP contribution in [0.25, 0.3) is 33.0 Å². The lowest BCUT2D eigenvalue weighted by Crippen LogP contribution is -2.11. The summed E-state index contributed by atoms with van der Waals surface area (Å²) in [6, 6.07) is 35.6. The van der Waals surface area contributed by atoms with Crippen molar-refractivity contribution in [1.29, 1.82) is 0 Å². The molecule has 180 valence electrons. The zero-order valence-electron chi connectivity index (χ0n) is 20.7. The van der Waals surface area contributed by atoms with Crippen LogP contribution in [-0.4, -0.2) is 8.42 Å². The predicted molar refractivity (Wildman–Crippen MR) is 150 cm³/mol. The van der Waals surface area contributed by atoms with Gasteiger partial charge < -0.3 is 0 Å². The van der Waals surface area contributed by atoms with E-state index in [1.165, 1.54) is 0 Å². The van der Waals surface area contributed by atoms with Gasteiger partial charge in [-0.2, -0.15) is 0 Å². The van der Waals surface area contributed by atoms with Gasteiger partial charge in [0.25, 0.3) is 0 Å².